The molecule has 1 saturated heterocycles. The van der Waals surface area contributed by atoms with E-state index in [1.807, 2.05) is 32.2 Å². The summed E-state index contributed by atoms with van der Waals surface area (Å²) in [7, 11) is 5.96. The van der Waals surface area contributed by atoms with Gasteiger partial charge in [0.15, 0.2) is 0 Å². The van der Waals surface area contributed by atoms with Crippen LogP contribution in [0.1, 0.15) is 18.5 Å². The zero-order chi connectivity index (χ0) is 13.9. The second-order valence-corrected chi connectivity index (χ2v) is 5.44. The number of nitrogens with one attached hydrogen (secondary N) is 1. The zero-order valence-electron chi connectivity index (χ0n) is 12.0. The van der Waals surface area contributed by atoms with E-state index in [1.165, 1.54) is 0 Å². The predicted octanol–water partition coefficient (Wildman–Crippen LogP) is 0.117. The average Bonchev–Trinajstić information content (AvgIpc) is 2.72. The smallest absolute Gasteiger partial charge is 0.204 e. The monoisotopic (exact) mass is 268 g/mol. The molecule has 1 aliphatic heterocycles. The highest BCUT2D eigenvalue weighted by molar-refractivity contribution is 5.30. The van der Waals surface area contributed by atoms with Gasteiger partial charge >= 0.3 is 0 Å². The Morgan fingerprint density at radius 2 is 2.16 bits per heavy atom. The van der Waals surface area contributed by atoms with Crippen molar-refractivity contribution in [2.75, 3.05) is 38.8 Å². The van der Waals surface area contributed by atoms with Crippen LogP contribution in [0, 0.1) is 0 Å². The van der Waals surface area contributed by atoms with Crippen molar-refractivity contribution in [2.45, 2.75) is 25.0 Å². The zero-order valence-corrected chi connectivity index (χ0v) is 12.0. The molecule has 6 heteroatoms. The Hall–Kier alpha value is -1.11. The van der Waals surface area contributed by atoms with Gasteiger partial charge in [-0.05, 0) is 0 Å². The first-order valence-electron chi connectivity index (χ1n) is 6.71. The number of anilines is 1. The molecule has 0 unspecified atom stereocenters. The minimum Gasteiger partial charge on any atom is -0.388 e. The lowest BCUT2D eigenvalue weighted by molar-refractivity contribution is -0.0617. The van der Waals surface area contributed by atoms with E-state index < -0.39 is 5.60 Å². The van der Waals surface area contributed by atoms with Gasteiger partial charge in [0.2, 0.25) is 5.95 Å². The molecular formula is C13H24N4O2. The maximum absolute atomic E-state index is 10.3. The van der Waals surface area contributed by atoms with E-state index in [4.69, 9.17) is 4.74 Å². The van der Waals surface area contributed by atoms with Gasteiger partial charge in [-0.15, -0.1) is 0 Å². The van der Waals surface area contributed by atoms with Crippen LogP contribution in [0.4, 0.5) is 5.95 Å². The molecule has 0 aromatic carbocycles. The van der Waals surface area contributed by atoms with Crippen molar-refractivity contribution in [3.63, 3.8) is 0 Å². The quantitative estimate of drug-likeness (QED) is 0.794. The highest BCUT2D eigenvalue weighted by atomic mass is 16.5. The van der Waals surface area contributed by atoms with Crippen molar-refractivity contribution >= 4 is 5.95 Å². The third-order valence-electron chi connectivity index (χ3n) is 3.64. The van der Waals surface area contributed by atoms with Gasteiger partial charge in [0, 0.05) is 60.3 Å². The highest BCUT2D eigenvalue weighted by Crippen LogP contribution is 2.19. The largest absolute Gasteiger partial charge is 0.388 e. The van der Waals surface area contributed by atoms with E-state index in [9.17, 15) is 5.11 Å². The first kappa shape index (κ1) is 14.3. The second kappa shape index (κ2) is 5.90. The summed E-state index contributed by atoms with van der Waals surface area (Å²) < 4.78 is 7.33. The lowest BCUT2D eigenvalue weighted by Crippen LogP contribution is -2.44. The van der Waals surface area contributed by atoms with Crippen LogP contribution in [0.5, 0.6) is 0 Å². The predicted molar refractivity (Wildman–Crippen MR) is 74.2 cm³/mol. The van der Waals surface area contributed by atoms with E-state index in [0.29, 0.717) is 39.1 Å². The van der Waals surface area contributed by atoms with Gasteiger partial charge in [-0.2, -0.15) is 0 Å². The molecule has 1 aliphatic rings. The molecule has 0 radical (unpaired) electrons. The molecular weight excluding hydrogens is 244 g/mol. The molecule has 0 bridgehead atoms. The maximum atomic E-state index is 10.3. The molecule has 2 N–H and O–H groups in total. The minimum atomic E-state index is -0.624. The number of nitrogens with zero attached hydrogens (tertiary/aromatic N) is 3. The fraction of sp³-hybridized carbons (Fsp3) is 0.769. The topological polar surface area (TPSA) is 62.6 Å². The second-order valence-electron chi connectivity index (χ2n) is 5.44. The van der Waals surface area contributed by atoms with Gasteiger partial charge in [0.05, 0.1) is 17.5 Å². The normalized spacial score (nSPS) is 18.5. The summed E-state index contributed by atoms with van der Waals surface area (Å²) in [5.74, 6) is 0.932. The Bertz CT molecular complexity index is 411. The van der Waals surface area contributed by atoms with Crippen LogP contribution >= 0.6 is 0 Å². The number of imidazole rings is 1. The molecule has 0 spiro atoms. The standard InChI is InChI=1S/C13H24N4O2/c1-16(2)12-15-9-11(17(12)3)8-14-10-13(18)4-6-19-7-5-13/h9,14,18H,4-8,10H2,1-3H3. The average molecular weight is 268 g/mol. The Morgan fingerprint density at radius 3 is 2.74 bits per heavy atom. The highest BCUT2D eigenvalue weighted by Gasteiger charge is 2.29. The summed E-state index contributed by atoms with van der Waals surface area (Å²) in [4.78, 5) is 6.35. The Kier molecular flexibility index (Phi) is 4.44. The van der Waals surface area contributed by atoms with Gasteiger partial charge in [0.25, 0.3) is 0 Å². The summed E-state index contributed by atoms with van der Waals surface area (Å²) in [5, 5.41) is 13.7. The molecule has 0 atom stereocenters. The van der Waals surface area contributed by atoms with E-state index in [2.05, 4.69) is 14.9 Å². The first-order chi connectivity index (χ1) is 9.02. The van der Waals surface area contributed by atoms with Gasteiger partial charge in [-0.25, -0.2) is 4.98 Å². The van der Waals surface area contributed by atoms with Crippen molar-refractivity contribution in [1.29, 1.82) is 0 Å². The van der Waals surface area contributed by atoms with Crippen molar-refractivity contribution in [3.8, 4) is 0 Å². The Balaban J connectivity index is 1.85. The van der Waals surface area contributed by atoms with Crippen molar-refractivity contribution in [2.24, 2.45) is 7.05 Å². The lowest BCUT2D eigenvalue weighted by atomic mass is 9.94. The van der Waals surface area contributed by atoms with Gasteiger partial charge in [-0.3, -0.25) is 0 Å². The van der Waals surface area contributed by atoms with Crippen LogP contribution in [-0.2, 0) is 18.3 Å². The van der Waals surface area contributed by atoms with Crippen LogP contribution in [0.15, 0.2) is 6.20 Å². The van der Waals surface area contributed by atoms with E-state index >= 15 is 0 Å². The third kappa shape index (κ3) is 3.46. The van der Waals surface area contributed by atoms with Crippen molar-refractivity contribution in [1.82, 2.24) is 14.9 Å². The van der Waals surface area contributed by atoms with Gasteiger partial charge < -0.3 is 24.6 Å². The van der Waals surface area contributed by atoms with Crippen LogP contribution in [0.3, 0.4) is 0 Å². The number of rotatable bonds is 5. The van der Waals surface area contributed by atoms with Crippen molar-refractivity contribution < 1.29 is 9.84 Å². The summed E-state index contributed by atoms with van der Waals surface area (Å²) in [6.07, 6.45) is 3.28. The number of aliphatic hydroxyl groups is 1. The van der Waals surface area contributed by atoms with Crippen LogP contribution in [-0.4, -0.2) is 54.1 Å². The molecule has 1 aromatic heterocycles. The van der Waals surface area contributed by atoms with Crippen LogP contribution in [0.25, 0.3) is 0 Å². The van der Waals surface area contributed by atoms with Gasteiger partial charge in [0.1, 0.15) is 0 Å². The molecule has 0 aliphatic carbocycles. The lowest BCUT2D eigenvalue weighted by Gasteiger charge is -2.32. The number of ether oxygens (including phenoxy) is 1. The van der Waals surface area contributed by atoms with E-state index in [0.717, 1.165) is 11.6 Å². The van der Waals surface area contributed by atoms with Gasteiger partial charge in [-0.1, -0.05) is 0 Å². The summed E-state index contributed by atoms with van der Waals surface area (Å²) in [5.41, 5.74) is 0.487. The van der Waals surface area contributed by atoms with E-state index in [-0.39, 0.29) is 0 Å². The van der Waals surface area contributed by atoms with Crippen LogP contribution in [0.2, 0.25) is 0 Å². The molecule has 0 saturated carbocycles. The summed E-state index contributed by atoms with van der Waals surface area (Å²) >= 11 is 0. The molecule has 1 fully saturated rings. The Labute approximate surface area is 114 Å². The molecule has 1 aromatic rings. The fourth-order valence-electron chi connectivity index (χ4n) is 2.36. The van der Waals surface area contributed by atoms with Crippen molar-refractivity contribution in [3.05, 3.63) is 11.9 Å². The number of hydrogen-bond acceptors (Lipinski definition) is 5. The summed E-state index contributed by atoms with van der Waals surface area (Å²) in [6, 6.07) is 0. The van der Waals surface area contributed by atoms with Crippen LogP contribution < -0.4 is 10.2 Å². The summed E-state index contributed by atoms with van der Waals surface area (Å²) in [6.45, 7) is 2.60. The minimum absolute atomic E-state index is 0.596. The SMILES string of the molecule is CN(C)c1ncc(CNCC2(O)CCOCC2)n1C. The first-order valence-corrected chi connectivity index (χ1v) is 6.71. The fourth-order valence-corrected chi connectivity index (χ4v) is 2.36. The Morgan fingerprint density at radius 1 is 1.47 bits per heavy atom. The number of aromatic nitrogens is 2. The molecule has 19 heavy (non-hydrogen) atoms. The molecule has 108 valence electrons. The maximum Gasteiger partial charge on any atom is 0.204 e. The molecule has 6 nitrogen and oxygen atoms in total. The molecule has 0 amide bonds. The third-order valence-corrected chi connectivity index (χ3v) is 3.64. The number of hydrogen-bond donors (Lipinski definition) is 2. The van der Waals surface area contributed by atoms with E-state index in [1.54, 1.807) is 0 Å². The molecule has 2 heterocycles. The molecule has 2 rings (SSSR count).